The molecule has 0 saturated heterocycles. The van der Waals surface area contributed by atoms with Crippen LogP contribution in [-0.4, -0.2) is 0 Å². The topological polar surface area (TPSA) is 0 Å². The zero-order valence-corrected chi connectivity index (χ0v) is 12.7. The van der Waals surface area contributed by atoms with Gasteiger partial charge >= 0.3 is 0 Å². The summed E-state index contributed by atoms with van der Waals surface area (Å²) in [5.41, 5.74) is 3.12. The molecule has 0 aromatic carbocycles. The molecule has 1 heteroatoms. The second-order valence-electron chi connectivity index (χ2n) is 5.06. The van der Waals surface area contributed by atoms with E-state index in [4.69, 9.17) is 0 Å². The Bertz CT molecular complexity index is 293. The van der Waals surface area contributed by atoms with E-state index in [0.29, 0.717) is 0 Å². The van der Waals surface area contributed by atoms with Crippen molar-refractivity contribution in [3.05, 3.63) is 47.6 Å². The molecule has 0 saturated carbocycles. The van der Waals surface area contributed by atoms with Crippen molar-refractivity contribution in [3.8, 4) is 0 Å². The summed E-state index contributed by atoms with van der Waals surface area (Å²) in [4.78, 5) is 0. The second-order valence-corrected chi connectivity index (χ2v) is 5.06. The van der Waals surface area contributed by atoms with Gasteiger partial charge in [0.15, 0.2) is 0 Å². The Kier molecular flexibility index (Phi) is 8.31. The zero-order chi connectivity index (χ0) is 12.0. The standard InChI is InChI=1S/2C8H12.Cr/c2*1-7(2)8-5-3-4-6-8;/h2*3-5,7H,6H2,1-2H3;. The monoisotopic (exact) mass is 268 g/mol. The summed E-state index contributed by atoms with van der Waals surface area (Å²) >= 11 is 0. The fourth-order valence-electron chi connectivity index (χ4n) is 1.78. The van der Waals surface area contributed by atoms with E-state index in [1.807, 2.05) is 0 Å². The quantitative estimate of drug-likeness (QED) is 0.657. The van der Waals surface area contributed by atoms with Crippen LogP contribution in [0.2, 0.25) is 0 Å². The average molecular weight is 268 g/mol. The molecule has 2 rings (SSSR count). The maximum atomic E-state index is 2.23. The van der Waals surface area contributed by atoms with Crippen molar-refractivity contribution >= 4 is 0 Å². The molecule has 2 aliphatic rings. The van der Waals surface area contributed by atoms with E-state index in [1.54, 1.807) is 11.1 Å². The van der Waals surface area contributed by atoms with Gasteiger partial charge in [-0.15, -0.1) is 0 Å². The van der Waals surface area contributed by atoms with Gasteiger partial charge in [0, 0.05) is 17.4 Å². The maximum Gasteiger partial charge on any atom is 0 e. The van der Waals surface area contributed by atoms with Crippen molar-refractivity contribution in [3.63, 3.8) is 0 Å². The molecular weight excluding hydrogens is 244 g/mol. The molecule has 0 unspecified atom stereocenters. The number of hydrogen-bond acceptors (Lipinski definition) is 0. The van der Waals surface area contributed by atoms with Gasteiger partial charge in [-0.2, -0.15) is 0 Å². The van der Waals surface area contributed by atoms with Crippen LogP contribution in [0, 0.1) is 11.8 Å². The van der Waals surface area contributed by atoms with Gasteiger partial charge in [0.25, 0.3) is 0 Å². The van der Waals surface area contributed by atoms with Gasteiger partial charge in [-0.3, -0.25) is 0 Å². The minimum Gasteiger partial charge on any atom is -0.0805 e. The fraction of sp³-hybridized carbons (Fsp3) is 0.500. The summed E-state index contributed by atoms with van der Waals surface area (Å²) in [6.07, 6.45) is 15.5. The largest absolute Gasteiger partial charge is 0.0805 e. The smallest absolute Gasteiger partial charge is 0 e. The molecule has 0 aromatic rings. The first kappa shape index (κ1) is 16.5. The van der Waals surface area contributed by atoms with Crippen LogP contribution in [0.1, 0.15) is 40.5 Å². The molecule has 0 amide bonds. The van der Waals surface area contributed by atoms with Crippen molar-refractivity contribution in [2.75, 3.05) is 0 Å². The molecule has 0 nitrogen and oxygen atoms in total. The van der Waals surface area contributed by atoms with Crippen LogP contribution in [0.5, 0.6) is 0 Å². The third-order valence-corrected chi connectivity index (χ3v) is 3.08. The molecule has 0 aliphatic heterocycles. The summed E-state index contributed by atoms with van der Waals surface area (Å²) in [6, 6.07) is 0. The first-order valence-corrected chi connectivity index (χ1v) is 6.32. The molecule has 0 bridgehead atoms. The summed E-state index contributed by atoms with van der Waals surface area (Å²) in [6.45, 7) is 8.94. The van der Waals surface area contributed by atoms with Crippen molar-refractivity contribution in [2.24, 2.45) is 11.8 Å². The van der Waals surface area contributed by atoms with Crippen LogP contribution in [0.4, 0.5) is 0 Å². The molecular formula is C16H24Cr. The molecule has 0 aromatic heterocycles. The average Bonchev–Trinajstić information content (AvgIpc) is 2.93. The molecule has 0 heterocycles. The van der Waals surface area contributed by atoms with Gasteiger partial charge in [0.1, 0.15) is 0 Å². The van der Waals surface area contributed by atoms with Gasteiger partial charge in [-0.05, 0) is 24.7 Å². The third kappa shape index (κ3) is 6.11. The molecule has 0 radical (unpaired) electrons. The Morgan fingerprint density at radius 1 is 0.765 bits per heavy atom. The van der Waals surface area contributed by atoms with Crippen LogP contribution in [-0.2, 0) is 17.4 Å². The first-order chi connectivity index (χ1) is 7.61. The number of allylic oxidation sites excluding steroid dienone is 8. The number of hydrogen-bond donors (Lipinski definition) is 0. The van der Waals surface area contributed by atoms with Crippen molar-refractivity contribution in [1.82, 2.24) is 0 Å². The summed E-state index contributed by atoms with van der Waals surface area (Å²) in [5.74, 6) is 1.48. The van der Waals surface area contributed by atoms with Crippen LogP contribution in [0.25, 0.3) is 0 Å². The SMILES string of the molecule is CC(C)C1=CC=CC1.CC(C)C1=CC=CC1.[Cr]. The first-order valence-electron chi connectivity index (χ1n) is 6.32. The van der Waals surface area contributed by atoms with E-state index in [1.165, 1.54) is 12.8 Å². The maximum absolute atomic E-state index is 2.23. The van der Waals surface area contributed by atoms with Gasteiger partial charge < -0.3 is 0 Å². The Labute approximate surface area is 117 Å². The minimum absolute atomic E-state index is 0. The van der Waals surface area contributed by atoms with Gasteiger partial charge in [-0.1, -0.05) is 75.3 Å². The fourth-order valence-corrected chi connectivity index (χ4v) is 1.78. The molecule has 0 atom stereocenters. The summed E-state index contributed by atoms with van der Waals surface area (Å²) < 4.78 is 0. The van der Waals surface area contributed by atoms with E-state index in [-0.39, 0.29) is 17.4 Å². The van der Waals surface area contributed by atoms with Gasteiger partial charge in [0.2, 0.25) is 0 Å². The zero-order valence-electron chi connectivity index (χ0n) is 11.4. The van der Waals surface area contributed by atoms with E-state index in [0.717, 1.165) is 11.8 Å². The van der Waals surface area contributed by atoms with Crippen LogP contribution < -0.4 is 0 Å². The summed E-state index contributed by atoms with van der Waals surface area (Å²) in [5, 5.41) is 0. The van der Waals surface area contributed by atoms with Gasteiger partial charge in [0.05, 0.1) is 0 Å². The molecule has 0 fully saturated rings. The van der Waals surface area contributed by atoms with Crippen LogP contribution >= 0.6 is 0 Å². The normalized spacial score (nSPS) is 16.6. The van der Waals surface area contributed by atoms with E-state index >= 15 is 0 Å². The Hall–Kier alpha value is -0.508. The van der Waals surface area contributed by atoms with E-state index in [2.05, 4.69) is 64.2 Å². The van der Waals surface area contributed by atoms with Crippen molar-refractivity contribution in [1.29, 1.82) is 0 Å². The Morgan fingerprint density at radius 2 is 1.12 bits per heavy atom. The van der Waals surface area contributed by atoms with Gasteiger partial charge in [-0.25, -0.2) is 0 Å². The Balaban J connectivity index is 0.000000284. The van der Waals surface area contributed by atoms with E-state index in [9.17, 15) is 0 Å². The molecule has 0 spiro atoms. The van der Waals surface area contributed by atoms with Crippen LogP contribution in [0.3, 0.4) is 0 Å². The Morgan fingerprint density at radius 3 is 1.24 bits per heavy atom. The minimum atomic E-state index is 0. The second kappa shape index (κ2) is 8.56. The molecule has 0 N–H and O–H groups in total. The predicted molar refractivity (Wildman–Crippen MR) is 73.4 cm³/mol. The number of rotatable bonds is 2. The van der Waals surface area contributed by atoms with Crippen LogP contribution in [0.15, 0.2) is 47.6 Å². The summed E-state index contributed by atoms with van der Waals surface area (Å²) in [7, 11) is 0. The molecule has 94 valence electrons. The van der Waals surface area contributed by atoms with E-state index < -0.39 is 0 Å². The van der Waals surface area contributed by atoms with Crippen molar-refractivity contribution in [2.45, 2.75) is 40.5 Å². The molecule has 2 aliphatic carbocycles. The van der Waals surface area contributed by atoms with Crippen molar-refractivity contribution < 1.29 is 17.4 Å². The predicted octanol–water partition coefficient (Wildman–Crippen LogP) is 5.05. The third-order valence-electron chi connectivity index (χ3n) is 3.08. The molecule has 17 heavy (non-hydrogen) atoms.